The van der Waals surface area contributed by atoms with Gasteiger partial charge in [-0.25, -0.2) is 4.79 Å². The molecule has 0 amide bonds. The van der Waals surface area contributed by atoms with E-state index in [9.17, 15) is 19.7 Å². The minimum atomic E-state index is -1.47. The number of carbonyl (C=O) groups excluding carboxylic acids is 2. The first-order valence-corrected chi connectivity index (χ1v) is 9.51. The number of nitro benzene ring substituents is 1. The lowest BCUT2D eigenvalue weighted by molar-refractivity contribution is -0.386. The number of benzene rings is 1. The van der Waals surface area contributed by atoms with Crippen LogP contribution in [0.25, 0.3) is 0 Å². The van der Waals surface area contributed by atoms with Gasteiger partial charge in [-0.05, 0) is 59.3 Å². The van der Waals surface area contributed by atoms with E-state index in [1.165, 1.54) is 18.2 Å². The molecular weight excluding hydrogens is 364 g/mol. The third kappa shape index (κ3) is 5.76. The fourth-order valence-electron chi connectivity index (χ4n) is 3.17. The van der Waals surface area contributed by atoms with Gasteiger partial charge in [0.15, 0.2) is 0 Å². The fourth-order valence-corrected chi connectivity index (χ4v) is 3.17. The highest BCUT2D eigenvalue weighted by atomic mass is 16.6. The number of hydrogen-bond donors (Lipinski definition) is 0. The van der Waals surface area contributed by atoms with Gasteiger partial charge in [0.1, 0.15) is 5.60 Å². The smallest absolute Gasteiger partial charge is 0.353 e. The molecule has 0 radical (unpaired) electrons. The van der Waals surface area contributed by atoms with Gasteiger partial charge in [0.2, 0.25) is 6.10 Å². The van der Waals surface area contributed by atoms with Gasteiger partial charge in [-0.1, -0.05) is 19.1 Å². The normalized spacial score (nSPS) is 17.0. The molecule has 1 aromatic carbocycles. The Labute approximate surface area is 164 Å². The van der Waals surface area contributed by atoms with E-state index in [1.54, 1.807) is 26.8 Å². The maximum Gasteiger partial charge on any atom is 0.353 e. The van der Waals surface area contributed by atoms with E-state index in [0.29, 0.717) is 12.8 Å². The van der Waals surface area contributed by atoms with Crippen LogP contribution < -0.4 is 0 Å². The van der Waals surface area contributed by atoms with Crippen LogP contribution >= 0.6 is 0 Å². The number of ether oxygens (including phenoxy) is 2. The van der Waals surface area contributed by atoms with E-state index in [2.05, 4.69) is 11.8 Å². The number of likely N-dealkylation sites (tertiary alicyclic amines) is 1. The van der Waals surface area contributed by atoms with Crippen molar-refractivity contribution in [3.63, 3.8) is 0 Å². The molecule has 1 aliphatic heterocycles. The Balaban J connectivity index is 2.26. The number of nitrogens with zero attached hydrogens (tertiary/aromatic N) is 2. The molecule has 1 fully saturated rings. The van der Waals surface area contributed by atoms with Crippen molar-refractivity contribution in [3.05, 3.63) is 39.9 Å². The van der Waals surface area contributed by atoms with Gasteiger partial charge < -0.3 is 14.4 Å². The van der Waals surface area contributed by atoms with Crippen LogP contribution in [0.2, 0.25) is 0 Å². The van der Waals surface area contributed by atoms with Crippen molar-refractivity contribution in [2.75, 3.05) is 19.6 Å². The monoisotopic (exact) mass is 392 g/mol. The summed E-state index contributed by atoms with van der Waals surface area (Å²) in [4.78, 5) is 38.5. The zero-order chi connectivity index (χ0) is 20.9. The molecular formula is C20H28N2O6. The second kappa shape index (κ2) is 9.14. The van der Waals surface area contributed by atoms with Gasteiger partial charge in [0, 0.05) is 6.07 Å². The Morgan fingerprint density at radius 1 is 1.25 bits per heavy atom. The van der Waals surface area contributed by atoms with Crippen molar-refractivity contribution in [2.45, 2.75) is 52.2 Å². The van der Waals surface area contributed by atoms with Crippen molar-refractivity contribution < 1.29 is 24.0 Å². The SMILES string of the molecule is CCN1CCC(C(=O)OC(C(=O)OC(C)(C)C)c2ccccc2[N+](=O)[O-])CC1. The molecule has 0 aromatic heterocycles. The molecule has 1 heterocycles. The van der Waals surface area contributed by atoms with Crippen LogP contribution in [0.1, 0.15) is 52.2 Å². The number of nitro groups is 1. The highest BCUT2D eigenvalue weighted by Gasteiger charge is 2.37. The van der Waals surface area contributed by atoms with Crippen molar-refractivity contribution in [3.8, 4) is 0 Å². The molecule has 0 aliphatic carbocycles. The molecule has 8 heteroatoms. The average molecular weight is 392 g/mol. The third-order valence-electron chi connectivity index (χ3n) is 4.64. The number of carbonyl (C=O) groups is 2. The Kier molecular flexibility index (Phi) is 7.12. The first-order chi connectivity index (χ1) is 13.1. The summed E-state index contributed by atoms with van der Waals surface area (Å²) in [5.74, 6) is -1.68. The lowest BCUT2D eigenvalue weighted by atomic mass is 9.97. The highest BCUT2D eigenvalue weighted by Crippen LogP contribution is 2.31. The summed E-state index contributed by atoms with van der Waals surface area (Å²) >= 11 is 0. The largest absolute Gasteiger partial charge is 0.457 e. The summed E-state index contributed by atoms with van der Waals surface area (Å²) in [6, 6.07) is 5.75. The molecule has 0 bridgehead atoms. The summed E-state index contributed by atoms with van der Waals surface area (Å²) in [5.41, 5.74) is -1.09. The molecule has 2 rings (SSSR count). The second-order valence-electron chi connectivity index (χ2n) is 7.87. The van der Waals surface area contributed by atoms with Crippen LogP contribution in [0.4, 0.5) is 5.69 Å². The van der Waals surface area contributed by atoms with Gasteiger partial charge >= 0.3 is 11.9 Å². The Morgan fingerprint density at radius 2 is 1.86 bits per heavy atom. The Morgan fingerprint density at radius 3 is 2.39 bits per heavy atom. The molecule has 1 unspecified atom stereocenters. The minimum Gasteiger partial charge on any atom is -0.457 e. The highest BCUT2D eigenvalue weighted by molar-refractivity contribution is 5.83. The molecule has 1 aliphatic rings. The molecule has 8 nitrogen and oxygen atoms in total. The Bertz CT molecular complexity index is 720. The van der Waals surface area contributed by atoms with Crippen LogP contribution in [0.15, 0.2) is 24.3 Å². The van der Waals surface area contributed by atoms with Crippen LogP contribution in [0.3, 0.4) is 0 Å². The van der Waals surface area contributed by atoms with Crippen molar-refractivity contribution >= 4 is 17.6 Å². The maximum absolute atomic E-state index is 12.7. The summed E-state index contributed by atoms with van der Waals surface area (Å²) in [5, 5.41) is 11.4. The molecule has 1 aromatic rings. The predicted octanol–water partition coefficient (Wildman–Crippen LogP) is 3.25. The zero-order valence-electron chi connectivity index (χ0n) is 16.8. The topological polar surface area (TPSA) is 99.0 Å². The number of esters is 2. The maximum atomic E-state index is 12.7. The zero-order valence-corrected chi connectivity index (χ0v) is 16.8. The van der Waals surface area contributed by atoms with Gasteiger partial charge in [-0.3, -0.25) is 14.9 Å². The van der Waals surface area contributed by atoms with Crippen LogP contribution in [0, 0.1) is 16.0 Å². The van der Waals surface area contributed by atoms with E-state index in [1.807, 2.05) is 0 Å². The van der Waals surface area contributed by atoms with E-state index in [-0.39, 0.29) is 17.2 Å². The third-order valence-corrected chi connectivity index (χ3v) is 4.64. The van der Waals surface area contributed by atoms with E-state index in [0.717, 1.165) is 19.6 Å². The number of piperidine rings is 1. The molecule has 0 spiro atoms. The first kappa shape index (κ1) is 21.8. The first-order valence-electron chi connectivity index (χ1n) is 9.51. The summed E-state index contributed by atoms with van der Waals surface area (Å²) in [7, 11) is 0. The summed E-state index contributed by atoms with van der Waals surface area (Å²) in [6.07, 6.45) is -0.215. The lowest BCUT2D eigenvalue weighted by Crippen LogP contribution is -2.38. The Hall–Kier alpha value is -2.48. The standard InChI is InChI=1S/C20H28N2O6/c1-5-21-12-10-14(11-13-21)18(23)27-17(19(24)28-20(2,3)4)15-8-6-7-9-16(15)22(25)26/h6-9,14,17H,5,10-13H2,1-4H3. The van der Waals surface area contributed by atoms with E-state index >= 15 is 0 Å². The molecule has 0 N–H and O–H groups in total. The van der Waals surface area contributed by atoms with Crippen molar-refractivity contribution in [1.82, 2.24) is 4.90 Å². The molecule has 28 heavy (non-hydrogen) atoms. The van der Waals surface area contributed by atoms with E-state index < -0.39 is 28.6 Å². The van der Waals surface area contributed by atoms with Crippen LogP contribution in [-0.2, 0) is 19.1 Å². The lowest BCUT2D eigenvalue weighted by Gasteiger charge is -2.31. The number of para-hydroxylation sites is 1. The number of hydrogen-bond acceptors (Lipinski definition) is 7. The van der Waals surface area contributed by atoms with Crippen LogP contribution in [0.5, 0.6) is 0 Å². The molecule has 1 saturated heterocycles. The fraction of sp³-hybridized carbons (Fsp3) is 0.600. The second-order valence-corrected chi connectivity index (χ2v) is 7.87. The summed E-state index contributed by atoms with van der Waals surface area (Å²) in [6.45, 7) is 9.58. The van der Waals surface area contributed by atoms with Gasteiger partial charge in [-0.15, -0.1) is 0 Å². The van der Waals surface area contributed by atoms with Gasteiger partial charge in [-0.2, -0.15) is 0 Å². The van der Waals surface area contributed by atoms with E-state index in [4.69, 9.17) is 9.47 Å². The molecule has 154 valence electrons. The summed E-state index contributed by atoms with van der Waals surface area (Å²) < 4.78 is 10.9. The van der Waals surface area contributed by atoms with Gasteiger partial charge in [0.05, 0.1) is 16.4 Å². The minimum absolute atomic E-state index is 0.0149. The average Bonchev–Trinajstić information content (AvgIpc) is 2.64. The predicted molar refractivity (Wildman–Crippen MR) is 103 cm³/mol. The quantitative estimate of drug-likeness (QED) is 0.416. The number of rotatable bonds is 6. The molecule has 1 atom stereocenters. The van der Waals surface area contributed by atoms with Gasteiger partial charge in [0.25, 0.3) is 5.69 Å². The molecule has 0 saturated carbocycles. The van der Waals surface area contributed by atoms with Crippen LogP contribution in [-0.4, -0.2) is 47.0 Å². The van der Waals surface area contributed by atoms with Crippen molar-refractivity contribution in [1.29, 1.82) is 0 Å². The van der Waals surface area contributed by atoms with Crippen molar-refractivity contribution in [2.24, 2.45) is 5.92 Å².